The lowest BCUT2D eigenvalue weighted by Gasteiger charge is -2.32. The molecule has 0 spiro atoms. The highest BCUT2D eigenvalue weighted by molar-refractivity contribution is 5.94. The van der Waals surface area contributed by atoms with Crippen molar-refractivity contribution < 1.29 is 26.7 Å². The molecular formula is C26H21F5N6O. The van der Waals surface area contributed by atoms with Crippen LogP contribution in [0.25, 0.3) is 16.7 Å². The van der Waals surface area contributed by atoms with Crippen LogP contribution in [0.1, 0.15) is 37.2 Å². The minimum absolute atomic E-state index is 0.272. The van der Waals surface area contributed by atoms with E-state index in [4.69, 9.17) is 0 Å². The highest BCUT2D eigenvalue weighted by Crippen LogP contribution is 2.38. The number of hydrogen-bond donors (Lipinski definition) is 1. The number of amides is 1. The van der Waals surface area contributed by atoms with Gasteiger partial charge in [0.05, 0.1) is 11.1 Å². The van der Waals surface area contributed by atoms with Crippen molar-refractivity contribution >= 4 is 34.1 Å². The number of aromatic nitrogens is 4. The van der Waals surface area contributed by atoms with Gasteiger partial charge in [-0.2, -0.15) is 18.2 Å². The van der Waals surface area contributed by atoms with Crippen LogP contribution in [0.5, 0.6) is 0 Å². The fraction of sp³-hybridized carbons (Fsp3) is 0.308. The second kappa shape index (κ2) is 8.93. The molecule has 1 N–H and O–H groups in total. The molecule has 0 bridgehead atoms. The molecule has 0 unspecified atom stereocenters. The highest BCUT2D eigenvalue weighted by atomic mass is 19.4. The van der Waals surface area contributed by atoms with Gasteiger partial charge >= 0.3 is 12.1 Å². The van der Waals surface area contributed by atoms with E-state index >= 15 is 0 Å². The fourth-order valence-corrected chi connectivity index (χ4v) is 4.55. The third-order valence-electron chi connectivity index (χ3n) is 6.19. The second-order valence-electron chi connectivity index (χ2n) is 9.51. The normalized spacial score (nSPS) is 13.8. The minimum atomic E-state index is -5.06. The number of aryl methyl sites for hydroxylation is 1. The Bertz CT molecular complexity index is 1660. The van der Waals surface area contributed by atoms with E-state index in [9.17, 15) is 26.7 Å². The molecule has 5 rings (SSSR count). The molecule has 0 atom stereocenters. The molecule has 0 saturated carbocycles. The molecule has 196 valence electrons. The van der Waals surface area contributed by atoms with Gasteiger partial charge in [-0.25, -0.2) is 8.78 Å². The van der Waals surface area contributed by atoms with Gasteiger partial charge in [-0.05, 0) is 69.5 Å². The van der Waals surface area contributed by atoms with E-state index < -0.39 is 29.3 Å². The molecule has 3 heterocycles. The Morgan fingerprint density at radius 3 is 2.58 bits per heavy atom. The van der Waals surface area contributed by atoms with E-state index in [1.807, 2.05) is 5.32 Å². The van der Waals surface area contributed by atoms with Crippen molar-refractivity contribution in [2.45, 2.75) is 45.3 Å². The zero-order chi connectivity index (χ0) is 27.4. The van der Waals surface area contributed by atoms with E-state index in [2.05, 4.69) is 27.0 Å². The SMILES string of the molecule is Cc1nnc2nc(N3CCCc4c(C#CC(C)(C)NC(=O)C(F)(F)F)cc(F)cc43)c3cc(F)ccc3n12. The van der Waals surface area contributed by atoms with Crippen LogP contribution in [0.3, 0.4) is 0 Å². The number of halogens is 5. The van der Waals surface area contributed by atoms with Gasteiger partial charge in [-0.3, -0.25) is 9.20 Å². The summed E-state index contributed by atoms with van der Waals surface area (Å²) >= 11 is 0. The first-order valence-electron chi connectivity index (χ1n) is 11.7. The third-order valence-corrected chi connectivity index (χ3v) is 6.19. The van der Waals surface area contributed by atoms with Crippen LogP contribution in [-0.2, 0) is 11.2 Å². The molecule has 0 aliphatic carbocycles. The number of alkyl halides is 3. The molecule has 0 radical (unpaired) electrons. The van der Waals surface area contributed by atoms with Crippen LogP contribution in [-0.4, -0.2) is 43.7 Å². The molecule has 1 aliphatic heterocycles. The molecule has 12 heteroatoms. The summed E-state index contributed by atoms with van der Waals surface area (Å²) in [5, 5.41) is 10.5. The molecule has 0 saturated heterocycles. The van der Waals surface area contributed by atoms with Gasteiger partial charge in [0.15, 0.2) is 0 Å². The van der Waals surface area contributed by atoms with Gasteiger partial charge in [0.2, 0.25) is 0 Å². The Balaban J connectivity index is 1.63. The summed E-state index contributed by atoms with van der Waals surface area (Å²) in [5.74, 6) is 3.39. The average Bonchev–Trinajstić information content (AvgIpc) is 3.21. The van der Waals surface area contributed by atoms with E-state index in [1.54, 1.807) is 22.3 Å². The van der Waals surface area contributed by atoms with Crippen molar-refractivity contribution in [3.8, 4) is 11.8 Å². The number of carbonyl (C=O) groups is 1. The predicted octanol–water partition coefficient (Wildman–Crippen LogP) is 4.76. The highest BCUT2D eigenvalue weighted by Gasteiger charge is 2.41. The number of anilines is 2. The Morgan fingerprint density at radius 1 is 1.08 bits per heavy atom. The monoisotopic (exact) mass is 528 g/mol. The van der Waals surface area contributed by atoms with Crippen molar-refractivity contribution in [1.82, 2.24) is 24.9 Å². The van der Waals surface area contributed by atoms with Crippen LogP contribution in [0.15, 0.2) is 30.3 Å². The average molecular weight is 528 g/mol. The first kappa shape index (κ1) is 25.4. The largest absolute Gasteiger partial charge is 0.471 e. The summed E-state index contributed by atoms with van der Waals surface area (Å²) in [6, 6.07) is 6.79. The Labute approximate surface area is 213 Å². The molecule has 1 amide bonds. The molecule has 38 heavy (non-hydrogen) atoms. The molecule has 2 aromatic heterocycles. The lowest BCUT2D eigenvalue weighted by atomic mass is 9.95. The fourth-order valence-electron chi connectivity index (χ4n) is 4.55. The number of hydrogen-bond acceptors (Lipinski definition) is 5. The first-order valence-corrected chi connectivity index (χ1v) is 11.7. The first-order chi connectivity index (χ1) is 17.8. The Hall–Kier alpha value is -4.27. The minimum Gasteiger partial charge on any atom is -0.332 e. The van der Waals surface area contributed by atoms with E-state index in [0.29, 0.717) is 59.0 Å². The maximum Gasteiger partial charge on any atom is 0.471 e. The Kier molecular flexibility index (Phi) is 5.97. The van der Waals surface area contributed by atoms with E-state index in [1.165, 1.54) is 38.1 Å². The lowest BCUT2D eigenvalue weighted by Crippen LogP contribution is -2.48. The lowest BCUT2D eigenvalue weighted by molar-refractivity contribution is -0.174. The zero-order valence-electron chi connectivity index (χ0n) is 20.5. The summed E-state index contributed by atoms with van der Waals surface area (Å²) in [6.07, 6.45) is -3.92. The Morgan fingerprint density at radius 2 is 1.84 bits per heavy atom. The number of nitrogens with zero attached hydrogens (tertiary/aromatic N) is 5. The van der Waals surface area contributed by atoms with E-state index in [-0.39, 0.29) is 5.56 Å². The van der Waals surface area contributed by atoms with Gasteiger partial charge < -0.3 is 10.2 Å². The van der Waals surface area contributed by atoms with Crippen LogP contribution in [0.2, 0.25) is 0 Å². The van der Waals surface area contributed by atoms with Crippen LogP contribution in [0, 0.1) is 30.4 Å². The van der Waals surface area contributed by atoms with Crippen molar-refractivity contribution in [3.63, 3.8) is 0 Å². The zero-order valence-corrected chi connectivity index (χ0v) is 20.5. The third kappa shape index (κ3) is 4.60. The van der Waals surface area contributed by atoms with Gasteiger partial charge in [-0.1, -0.05) is 11.8 Å². The van der Waals surface area contributed by atoms with Gasteiger partial charge in [-0.15, -0.1) is 10.2 Å². The molecule has 2 aromatic carbocycles. The quantitative estimate of drug-likeness (QED) is 0.300. The number of rotatable bonds is 2. The molecule has 0 fully saturated rings. The molecule has 7 nitrogen and oxygen atoms in total. The number of fused-ring (bicyclic) bond motifs is 4. The topological polar surface area (TPSA) is 75.4 Å². The van der Waals surface area contributed by atoms with Gasteiger partial charge in [0.25, 0.3) is 5.78 Å². The summed E-state index contributed by atoms with van der Waals surface area (Å²) in [6.45, 7) is 4.84. The number of nitrogens with one attached hydrogen (secondary N) is 1. The second-order valence-corrected chi connectivity index (χ2v) is 9.51. The smallest absolute Gasteiger partial charge is 0.332 e. The predicted molar refractivity (Wildman–Crippen MR) is 130 cm³/mol. The van der Waals surface area contributed by atoms with Crippen LogP contribution < -0.4 is 10.2 Å². The van der Waals surface area contributed by atoms with Crippen molar-refractivity contribution in [2.24, 2.45) is 0 Å². The molecule has 4 aromatic rings. The maximum atomic E-state index is 14.8. The van der Waals surface area contributed by atoms with E-state index in [0.717, 1.165) is 0 Å². The summed E-state index contributed by atoms with van der Waals surface area (Å²) in [4.78, 5) is 17.8. The maximum absolute atomic E-state index is 14.8. The van der Waals surface area contributed by atoms with Crippen LogP contribution >= 0.6 is 0 Å². The van der Waals surface area contributed by atoms with Crippen LogP contribution in [0.4, 0.5) is 33.5 Å². The summed E-state index contributed by atoms with van der Waals surface area (Å²) < 4.78 is 69.0. The number of carbonyl (C=O) groups excluding carboxylic acids is 1. The van der Waals surface area contributed by atoms with Gasteiger partial charge in [0, 0.05) is 23.2 Å². The van der Waals surface area contributed by atoms with Gasteiger partial charge in [0.1, 0.15) is 23.3 Å². The number of benzene rings is 2. The summed E-state index contributed by atoms with van der Waals surface area (Å²) in [5.41, 5.74) is 0.475. The van der Waals surface area contributed by atoms with Crippen molar-refractivity contribution in [2.75, 3.05) is 11.4 Å². The van der Waals surface area contributed by atoms with Crippen molar-refractivity contribution in [1.29, 1.82) is 0 Å². The molecule has 1 aliphatic rings. The standard InChI is InChI=1S/C26H21F5N6O/c1-14-34-35-24-32-22(19-12-16(27)6-7-20(19)37(14)24)36-10-4-5-18-15(11-17(28)13-21(18)36)8-9-25(2,3)33-23(38)26(29,30)31/h6-7,11-13H,4-5,10H2,1-3H3,(H,33,38). The molecular weight excluding hydrogens is 507 g/mol. The summed E-state index contributed by atoms with van der Waals surface area (Å²) in [7, 11) is 0. The van der Waals surface area contributed by atoms with Crippen molar-refractivity contribution in [3.05, 3.63) is 58.9 Å².